The lowest BCUT2D eigenvalue weighted by Gasteiger charge is -2.26. The lowest BCUT2D eigenvalue weighted by Crippen LogP contribution is -2.42. The van der Waals surface area contributed by atoms with Crippen molar-refractivity contribution in [3.63, 3.8) is 0 Å². The minimum absolute atomic E-state index is 0.380. The maximum atomic E-state index is 5.93. The normalized spacial score (nSPS) is 19.2. The highest BCUT2D eigenvalue weighted by Gasteiger charge is 2.36. The van der Waals surface area contributed by atoms with E-state index >= 15 is 0 Å². The predicted octanol–water partition coefficient (Wildman–Crippen LogP) is 3.46. The number of ether oxygens (including phenoxy) is 1. The molecular formula is C13H20BrNOS. The van der Waals surface area contributed by atoms with Gasteiger partial charge in [0.25, 0.3) is 0 Å². The van der Waals surface area contributed by atoms with E-state index in [1.807, 2.05) is 18.4 Å². The van der Waals surface area contributed by atoms with Crippen molar-refractivity contribution < 1.29 is 4.74 Å². The van der Waals surface area contributed by atoms with Crippen LogP contribution in [-0.4, -0.2) is 25.8 Å². The number of hydrogen-bond donors (Lipinski definition) is 1. The summed E-state index contributed by atoms with van der Waals surface area (Å²) in [5.41, 5.74) is 0. The summed E-state index contributed by atoms with van der Waals surface area (Å²) < 4.78 is 7.12. The summed E-state index contributed by atoms with van der Waals surface area (Å²) in [5, 5.41) is 5.58. The molecule has 0 saturated heterocycles. The van der Waals surface area contributed by atoms with Crippen LogP contribution in [-0.2, 0) is 11.2 Å². The van der Waals surface area contributed by atoms with Crippen molar-refractivity contribution in [2.24, 2.45) is 5.92 Å². The number of hydrogen-bond acceptors (Lipinski definition) is 3. The van der Waals surface area contributed by atoms with Gasteiger partial charge < -0.3 is 10.1 Å². The summed E-state index contributed by atoms with van der Waals surface area (Å²) in [6.07, 6.45) is 4.10. The van der Waals surface area contributed by atoms with Crippen LogP contribution in [0.1, 0.15) is 24.6 Å². The first kappa shape index (κ1) is 13.5. The molecule has 4 heteroatoms. The summed E-state index contributed by atoms with van der Waals surface area (Å²) in [6.45, 7) is 2.90. The van der Waals surface area contributed by atoms with Crippen molar-refractivity contribution in [1.82, 2.24) is 5.32 Å². The Morgan fingerprint density at radius 2 is 2.35 bits per heavy atom. The van der Waals surface area contributed by atoms with Crippen molar-refractivity contribution in [3.05, 3.63) is 20.8 Å². The van der Waals surface area contributed by atoms with E-state index in [1.165, 1.54) is 22.2 Å². The Balaban J connectivity index is 1.98. The van der Waals surface area contributed by atoms with Crippen molar-refractivity contribution in [2.75, 3.05) is 13.7 Å². The monoisotopic (exact) mass is 317 g/mol. The molecule has 17 heavy (non-hydrogen) atoms. The Bertz CT molecular complexity index is 351. The fraction of sp³-hybridized carbons (Fsp3) is 0.692. The third-order valence-electron chi connectivity index (χ3n) is 3.26. The average Bonchev–Trinajstić information content (AvgIpc) is 3.07. The molecule has 1 fully saturated rings. The zero-order chi connectivity index (χ0) is 12.3. The van der Waals surface area contributed by atoms with Crippen molar-refractivity contribution >= 4 is 27.3 Å². The third kappa shape index (κ3) is 3.78. The van der Waals surface area contributed by atoms with Crippen molar-refractivity contribution in [1.29, 1.82) is 0 Å². The summed E-state index contributed by atoms with van der Waals surface area (Å²) in [5.74, 6) is 0.774. The number of likely N-dealkylation sites (N-methyl/N-ethyl adjacent to an activating group) is 1. The van der Waals surface area contributed by atoms with Crippen molar-refractivity contribution in [2.45, 2.75) is 38.3 Å². The molecule has 0 aromatic carbocycles. The van der Waals surface area contributed by atoms with E-state index in [9.17, 15) is 0 Å². The molecule has 1 aromatic rings. The van der Waals surface area contributed by atoms with Crippen molar-refractivity contribution in [3.8, 4) is 0 Å². The molecule has 2 nitrogen and oxygen atoms in total. The van der Waals surface area contributed by atoms with Gasteiger partial charge in [0.05, 0.1) is 6.10 Å². The first-order valence-corrected chi connectivity index (χ1v) is 7.93. The van der Waals surface area contributed by atoms with E-state index in [2.05, 4.69) is 39.6 Å². The van der Waals surface area contributed by atoms with Crippen LogP contribution in [0.15, 0.2) is 15.9 Å². The van der Waals surface area contributed by atoms with E-state index in [0.29, 0.717) is 12.1 Å². The summed E-state index contributed by atoms with van der Waals surface area (Å²) in [6, 6.07) is 2.65. The van der Waals surface area contributed by atoms with Crippen LogP contribution < -0.4 is 5.32 Å². The van der Waals surface area contributed by atoms with Crippen LogP contribution in [0.25, 0.3) is 0 Å². The minimum atomic E-state index is 0.380. The smallest absolute Gasteiger partial charge is 0.0759 e. The molecule has 1 N–H and O–H groups in total. The lowest BCUT2D eigenvalue weighted by molar-refractivity contribution is 0.0213. The molecular weight excluding hydrogens is 298 g/mol. The van der Waals surface area contributed by atoms with Crippen LogP contribution in [0.3, 0.4) is 0 Å². The molecule has 0 radical (unpaired) electrons. The molecule has 1 aromatic heterocycles. The summed E-state index contributed by atoms with van der Waals surface area (Å²) >= 11 is 5.33. The Hall–Kier alpha value is 0.1000. The zero-order valence-electron chi connectivity index (χ0n) is 10.4. The van der Waals surface area contributed by atoms with E-state index in [-0.39, 0.29) is 0 Å². The molecule has 0 amide bonds. The van der Waals surface area contributed by atoms with Gasteiger partial charge in [0.1, 0.15) is 0 Å². The SMILES string of the molecule is CCOC(C1CC1)C(Cc1cc(Br)cs1)NC. The molecule has 2 atom stereocenters. The molecule has 1 saturated carbocycles. The molecule has 0 bridgehead atoms. The standard InChI is InChI=1S/C13H20BrNOS/c1-3-16-13(9-4-5-9)12(15-2)7-11-6-10(14)8-17-11/h6,8-9,12-13,15H,3-5,7H2,1-2H3. The summed E-state index contributed by atoms with van der Waals surface area (Å²) in [7, 11) is 2.04. The number of thiophene rings is 1. The second kappa shape index (κ2) is 6.32. The molecule has 0 spiro atoms. The van der Waals surface area contributed by atoms with E-state index < -0.39 is 0 Å². The van der Waals surface area contributed by atoms with E-state index in [0.717, 1.165) is 18.9 Å². The van der Waals surface area contributed by atoms with Crippen LogP contribution in [0, 0.1) is 5.92 Å². The molecule has 1 aliphatic carbocycles. The van der Waals surface area contributed by atoms with Gasteiger partial charge >= 0.3 is 0 Å². The topological polar surface area (TPSA) is 21.3 Å². The highest BCUT2D eigenvalue weighted by molar-refractivity contribution is 9.10. The maximum absolute atomic E-state index is 5.93. The molecule has 2 rings (SSSR count). The Morgan fingerprint density at radius 1 is 1.59 bits per heavy atom. The molecule has 2 unspecified atom stereocenters. The Kier molecular flexibility index (Phi) is 5.03. The first-order valence-electron chi connectivity index (χ1n) is 6.26. The fourth-order valence-electron chi connectivity index (χ4n) is 2.26. The van der Waals surface area contributed by atoms with Gasteiger partial charge in [-0.1, -0.05) is 0 Å². The van der Waals surface area contributed by atoms with Gasteiger partial charge in [-0.25, -0.2) is 0 Å². The van der Waals surface area contributed by atoms with Crippen LogP contribution in [0.4, 0.5) is 0 Å². The van der Waals surface area contributed by atoms with Crippen LogP contribution in [0.5, 0.6) is 0 Å². The number of nitrogens with one attached hydrogen (secondary N) is 1. The van der Waals surface area contributed by atoms with Gasteiger partial charge in [0.15, 0.2) is 0 Å². The second-order valence-corrected chi connectivity index (χ2v) is 6.50. The molecule has 0 aliphatic heterocycles. The van der Waals surface area contributed by atoms with Gasteiger partial charge in [0.2, 0.25) is 0 Å². The van der Waals surface area contributed by atoms with E-state index in [4.69, 9.17) is 4.74 Å². The van der Waals surface area contributed by atoms with Gasteiger partial charge in [-0.2, -0.15) is 0 Å². The fourth-order valence-corrected chi connectivity index (χ4v) is 3.77. The third-order valence-corrected chi connectivity index (χ3v) is 4.98. The number of rotatable bonds is 7. The van der Waals surface area contributed by atoms with Gasteiger partial charge in [-0.3, -0.25) is 0 Å². The highest BCUT2D eigenvalue weighted by Crippen LogP contribution is 2.37. The summed E-state index contributed by atoms with van der Waals surface area (Å²) in [4.78, 5) is 1.42. The van der Waals surface area contributed by atoms with Gasteiger partial charge in [-0.15, -0.1) is 11.3 Å². The Labute approximate surface area is 116 Å². The average molecular weight is 318 g/mol. The molecule has 1 aliphatic rings. The second-order valence-electron chi connectivity index (χ2n) is 4.59. The van der Waals surface area contributed by atoms with Crippen LogP contribution >= 0.6 is 27.3 Å². The van der Waals surface area contributed by atoms with Gasteiger partial charge in [0, 0.05) is 27.4 Å². The van der Waals surface area contributed by atoms with E-state index in [1.54, 1.807) is 0 Å². The van der Waals surface area contributed by atoms with Crippen LogP contribution in [0.2, 0.25) is 0 Å². The molecule has 1 heterocycles. The zero-order valence-corrected chi connectivity index (χ0v) is 12.8. The highest BCUT2D eigenvalue weighted by atomic mass is 79.9. The predicted molar refractivity (Wildman–Crippen MR) is 76.7 cm³/mol. The largest absolute Gasteiger partial charge is 0.377 e. The maximum Gasteiger partial charge on any atom is 0.0759 e. The Morgan fingerprint density at radius 3 is 2.82 bits per heavy atom. The lowest BCUT2D eigenvalue weighted by atomic mass is 10.0. The minimum Gasteiger partial charge on any atom is -0.377 e. The number of halogens is 1. The quantitative estimate of drug-likeness (QED) is 0.831. The first-order chi connectivity index (χ1) is 8.24. The van der Waals surface area contributed by atoms with Gasteiger partial charge in [-0.05, 0) is 61.1 Å². The molecule has 96 valence electrons.